The average molecular weight is 393 g/mol. The molecule has 152 valence electrons. The molecule has 2 rings (SSSR count). The number of hydrogen-bond acceptors (Lipinski definition) is 0. The van der Waals surface area contributed by atoms with Crippen LogP contribution in [0.3, 0.4) is 0 Å². The van der Waals surface area contributed by atoms with E-state index in [1.807, 2.05) is 18.2 Å². The summed E-state index contributed by atoms with van der Waals surface area (Å²) < 4.78 is 0. The van der Waals surface area contributed by atoms with Crippen molar-refractivity contribution in [3.63, 3.8) is 0 Å². The van der Waals surface area contributed by atoms with Gasteiger partial charge in [0.25, 0.3) is 0 Å². The summed E-state index contributed by atoms with van der Waals surface area (Å²) in [7, 11) is 0. The van der Waals surface area contributed by atoms with Gasteiger partial charge in [-0.15, -0.1) is 6.42 Å². The molecule has 0 radical (unpaired) electrons. The van der Waals surface area contributed by atoms with Crippen LogP contribution >= 0.6 is 0 Å². The van der Waals surface area contributed by atoms with Crippen LogP contribution in [0.15, 0.2) is 97.1 Å². The van der Waals surface area contributed by atoms with Crippen molar-refractivity contribution in [2.24, 2.45) is 0 Å². The molecule has 0 N–H and O–H groups in total. The SMILES string of the molecule is C#Cc1ccc(-c2ccc(C)c(/C(=C\C(=C)CC/C(C=C)=C/CC)C(=C)C)c2)cc1. The van der Waals surface area contributed by atoms with E-state index in [-0.39, 0.29) is 0 Å². The summed E-state index contributed by atoms with van der Waals surface area (Å²) in [5.74, 6) is 2.67. The Balaban J connectivity index is 2.36. The predicted octanol–water partition coefficient (Wildman–Crippen LogP) is 8.46. The number of allylic oxidation sites excluding steroid dienone is 7. The van der Waals surface area contributed by atoms with Crippen LogP contribution in [0.4, 0.5) is 0 Å². The molecule has 0 aliphatic carbocycles. The van der Waals surface area contributed by atoms with Gasteiger partial charge < -0.3 is 0 Å². The van der Waals surface area contributed by atoms with Gasteiger partial charge in [0, 0.05) is 5.56 Å². The van der Waals surface area contributed by atoms with Crippen LogP contribution in [-0.2, 0) is 0 Å². The lowest BCUT2D eigenvalue weighted by Crippen LogP contribution is -1.93. The highest BCUT2D eigenvalue weighted by Gasteiger charge is 2.10. The fourth-order valence-electron chi connectivity index (χ4n) is 3.41. The first kappa shape index (κ1) is 23.0. The van der Waals surface area contributed by atoms with Crippen LogP contribution < -0.4 is 0 Å². The standard InChI is InChI=1S/C30H32/c1-8-11-25(9-2)14-12-23(6)20-29(22(4)5)30-21-28(17-13-24(30)7)27-18-15-26(10-3)16-19-27/h3,9,11,13,15-21H,2,4,6,8,12,14H2,1,5,7H3/b25-11+,29-20-. The molecule has 30 heavy (non-hydrogen) atoms. The molecule has 0 saturated heterocycles. The van der Waals surface area contributed by atoms with E-state index in [4.69, 9.17) is 6.42 Å². The second-order valence-electron chi connectivity index (χ2n) is 7.64. The van der Waals surface area contributed by atoms with Gasteiger partial charge in [-0.25, -0.2) is 0 Å². The van der Waals surface area contributed by atoms with E-state index in [1.165, 1.54) is 16.7 Å². The molecule has 0 fully saturated rings. The topological polar surface area (TPSA) is 0 Å². The zero-order valence-corrected chi connectivity index (χ0v) is 18.6. The molecular weight excluding hydrogens is 360 g/mol. The third-order valence-electron chi connectivity index (χ3n) is 5.18. The fraction of sp³-hybridized carbons (Fsp3) is 0.200. The average Bonchev–Trinajstić information content (AvgIpc) is 2.75. The Morgan fingerprint density at radius 2 is 1.70 bits per heavy atom. The van der Waals surface area contributed by atoms with Gasteiger partial charge in [-0.2, -0.15) is 0 Å². The molecule has 0 saturated carbocycles. The smallest absolute Gasteiger partial charge is 0.0243 e. The first-order chi connectivity index (χ1) is 14.4. The molecule has 2 aromatic rings. The fourth-order valence-corrected chi connectivity index (χ4v) is 3.41. The maximum Gasteiger partial charge on any atom is 0.0243 e. The highest BCUT2D eigenvalue weighted by Crippen LogP contribution is 2.31. The van der Waals surface area contributed by atoms with E-state index in [1.54, 1.807) is 0 Å². The van der Waals surface area contributed by atoms with Gasteiger partial charge in [-0.1, -0.05) is 91.8 Å². The van der Waals surface area contributed by atoms with Gasteiger partial charge in [0.1, 0.15) is 0 Å². The normalized spacial score (nSPS) is 11.7. The Morgan fingerprint density at radius 1 is 1.03 bits per heavy atom. The Morgan fingerprint density at radius 3 is 2.27 bits per heavy atom. The number of hydrogen-bond donors (Lipinski definition) is 0. The first-order valence-corrected chi connectivity index (χ1v) is 10.4. The Labute approximate surface area is 183 Å². The number of benzene rings is 2. The molecule has 2 aromatic carbocycles. The van der Waals surface area contributed by atoms with E-state index in [0.29, 0.717) is 0 Å². The zero-order valence-electron chi connectivity index (χ0n) is 18.6. The van der Waals surface area contributed by atoms with Crippen LogP contribution in [0, 0.1) is 19.3 Å². The number of terminal acetylenes is 1. The van der Waals surface area contributed by atoms with Crippen molar-refractivity contribution in [1.29, 1.82) is 0 Å². The highest BCUT2D eigenvalue weighted by atomic mass is 14.1. The highest BCUT2D eigenvalue weighted by molar-refractivity contribution is 5.83. The van der Waals surface area contributed by atoms with E-state index >= 15 is 0 Å². The molecular formula is C30H32. The van der Waals surface area contributed by atoms with Crippen molar-refractivity contribution in [2.75, 3.05) is 0 Å². The summed E-state index contributed by atoms with van der Waals surface area (Å²) in [6.07, 6.45) is 14.7. The van der Waals surface area contributed by atoms with Gasteiger partial charge in [-0.05, 0) is 79.1 Å². The molecule has 0 aliphatic heterocycles. The van der Waals surface area contributed by atoms with Crippen molar-refractivity contribution in [3.05, 3.63) is 114 Å². The molecule has 0 amide bonds. The minimum atomic E-state index is 0.890. The molecule has 0 aromatic heterocycles. The summed E-state index contributed by atoms with van der Waals surface area (Å²) in [6, 6.07) is 14.7. The van der Waals surface area contributed by atoms with Crippen molar-refractivity contribution in [1.82, 2.24) is 0 Å². The van der Waals surface area contributed by atoms with Crippen LogP contribution in [0.2, 0.25) is 0 Å². The summed E-state index contributed by atoms with van der Waals surface area (Å²) in [6.45, 7) is 18.8. The van der Waals surface area contributed by atoms with Crippen molar-refractivity contribution in [2.45, 2.75) is 40.0 Å². The molecule has 0 heteroatoms. The second-order valence-corrected chi connectivity index (χ2v) is 7.64. The van der Waals surface area contributed by atoms with Gasteiger partial charge in [-0.3, -0.25) is 0 Å². The molecule has 0 bridgehead atoms. The van der Waals surface area contributed by atoms with E-state index in [9.17, 15) is 0 Å². The molecule has 0 nitrogen and oxygen atoms in total. The van der Waals surface area contributed by atoms with Gasteiger partial charge >= 0.3 is 0 Å². The minimum Gasteiger partial charge on any atom is -0.115 e. The summed E-state index contributed by atoms with van der Waals surface area (Å²) >= 11 is 0. The minimum absolute atomic E-state index is 0.890. The predicted molar refractivity (Wildman–Crippen MR) is 134 cm³/mol. The van der Waals surface area contributed by atoms with Crippen LogP contribution in [-0.4, -0.2) is 0 Å². The lowest BCUT2D eigenvalue weighted by molar-refractivity contribution is 0.963. The maximum absolute atomic E-state index is 5.49. The van der Waals surface area contributed by atoms with Crippen LogP contribution in [0.25, 0.3) is 16.7 Å². The quantitative estimate of drug-likeness (QED) is 0.296. The van der Waals surface area contributed by atoms with Crippen molar-refractivity contribution in [3.8, 4) is 23.5 Å². The van der Waals surface area contributed by atoms with E-state index < -0.39 is 0 Å². The Hall–Kier alpha value is -3.30. The Kier molecular flexibility index (Phi) is 8.45. The lowest BCUT2D eigenvalue weighted by atomic mass is 9.90. The van der Waals surface area contributed by atoms with Gasteiger partial charge in [0.15, 0.2) is 0 Å². The number of rotatable bonds is 9. The molecule has 0 aliphatic rings. The third kappa shape index (κ3) is 6.10. The lowest BCUT2D eigenvalue weighted by Gasteiger charge is -2.15. The molecule has 0 unspecified atom stereocenters. The van der Waals surface area contributed by atoms with E-state index in [2.05, 4.69) is 88.9 Å². The van der Waals surface area contributed by atoms with Gasteiger partial charge in [0.05, 0.1) is 0 Å². The summed E-state index contributed by atoms with van der Waals surface area (Å²) in [5.41, 5.74) is 10.2. The van der Waals surface area contributed by atoms with Gasteiger partial charge in [0.2, 0.25) is 0 Å². The maximum atomic E-state index is 5.49. The third-order valence-corrected chi connectivity index (χ3v) is 5.18. The van der Waals surface area contributed by atoms with Crippen LogP contribution in [0.5, 0.6) is 0 Å². The van der Waals surface area contributed by atoms with Crippen molar-refractivity contribution >= 4 is 5.57 Å². The second kappa shape index (κ2) is 11.0. The largest absolute Gasteiger partial charge is 0.115 e. The molecule has 0 heterocycles. The number of aryl methyl sites for hydroxylation is 1. The molecule has 0 spiro atoms. The Bertz CT molecular complexity index is 1030. The zero-order chi connectivity index (χ0) is 22.1. The van der Waals surface area contributed by atoms with E-state index in [0.717, 1.165) is 52.7 Å². The molecule has 0 atom stereocenters. The summed E-state index contributed by atoms with van der Waals surface area (Å²) in [4.78, 5) is 0. The monoisotopic (exact) mass is 392 g/mol. The van der Waals surface area contributed by atoms with Crippen LogP contribution in [0.1, 0.15) is 49.8 Å². The summed E-state index contributed by atoms with van der Waals surface area (Å²) in [5, 5.41) is 0. The van der Waals surface area contributed by atoms with Crippen molar-refractivity contribution < 1.29 is 0 Å². The first-order valence-electron chi connectivity index (χ1n) is 10.4.